The van der Waals surface area contributed by atoms with Crippen molar-refractivity contribution >= 4 is 23.6 Å². The van der Waals surface area contributed by atoms with Crippen molar-refractivity contribution in [1.82, 2.24) is 29.8 Å². The minimum absolute atomic E-state index is 0.0444. The van der Waals surface area contributed by atoms with E-state index < -0.39 is 0 Å². The maximum absolute atomic E-state index is 12.9. The molecule has 8 heteroatoms. The van der Waals surface area contributed by atoms with Gasteiger partial charge < -0.3 is 10.2 Å². The minimum Gasteiger partial charge on any atom is -0.329 e. The molecule has 30 heavy (non-hydrogen) atoms. The Bertz CT molecular complexity index is 1020. The Labute approximate surface area is 175 Å². The molecule has 0 aromatic carbocycles. The zero-order valence-electron chi connectivity index (χ0n) is 16.8. The van der Waals surface area contributed by atoms with E-state index in [1.165, 1.54) is 0 Å². The molecule has 0 aliphatic carbocycles. The lowest BCUT2D eigenvalue weighted by molar-refractivity contribution is -0.129. The van der Waals surface area contributed by atoms with Gasteiger partial charge in [0.25, 0.3) is 0 Å². The molecule has 4 heterocycles. The second-order valence-electron chi connectivity index (χ2n) is 7.13. The number of nitrogens with one attached hydrogen (secondary N) is 1. The van der Waals surface area contributed by atoms with Crippen molar-refractivity contribution in [2.24, 2.45) is 0 Å². The van der Waals surface area contributed by atoms with Crippen LogP contribution in [0.4, 0.5) is 11.6 Å². The largest absolute Gasteiger partial charge is 0.329 e. The van der Waals surface area contributed by atoms with Crippen molar-refractivity contribution < 1.29 is 4.79 Å². The van der Waals surface area contributed by atoms with E-state index >= 15 is 0 Å². The molecule has 0 saturated carbocycles. The van der Waals surface area contributed by atoms with Crippen LogP contribution in [0.3, 0.4) is 0 Å². The van der Waals surface area contributed by atoms with Crippen LogP contribution in [0.25, 0.3) is 6.08 Å². The van der Waals surface area contributed by atoms with Crippen LogP contribution in [0.5, 0.6) is 0 Å². The number of piperidine rings is 1. The summed E-state index contributed by atoms with van der Waals surface area (Å²) in [7, 11) is 0. The summed E-state index contributed by atoms with van der Waals surface area (Å²) in [5.41, 5.74) is 1.72. The third-order valence-corrected chi connectivity index (χ3v) is 4.88. The Balaban J connectivity index is 1.56. The first-order valence-corrected chi connectivity index (χ1v) is 9.96. The Morgan fingerprint density at radius 3 is 2.83 bits per heavy atom. The Kier molecular flexibility index (Phi) is 6.03. The molecule has 1 fully saturated rings. The van der Waals surface area contributed by atoms with Gasteiger partial charge in [-0.2, -0.15) is 0 Å². The average Bonchev–Trinajstić information content (AvgIpc) is 2.78. The van der Waals surface area contributed by atoms with E-state index in [4.69, 9.17) is 0 Å². The second-order valence-corrected chi connectivity index (χ2v) is 7.13. The van der Waals surface area contributed by atoms with Crippen LogP contribution in [-0.2, 0) is 4.79 Å². The molecule has 0 spiro atoms. The third kappa shape index (κ3) is 4.83. The number of hydrogen-bond acceptors (Lipinski definition) is 7. The molecule has 1 atom stereocenters. The Morgan fingerprint density at radius 2 is 2.03 bits per heavy atom. The molecule has 8 nitrogen and oxygen atoms in total. The summed E-state index contributed by atoms with van der Waals surface area (Å²) >= 11 is 0. The number of carbonyl (C=O) groups excluding carboxylic acids is 1. The number of carbonyl (C=O) groups is 1. The minimum atomic E-state index is -0.160. The standard InChI is InChI=1S/C22H23N7O/c1-16-13-19(27-20-15-24-10-11-25-20)28-22(26-16)18-6-2-3-12-29(18)21(30)8-7-17-5-4-9-23-14-17/h4-5,7-11,13-15,18H,2-3,6,12H2,1H3,(H,25,26,27,28)/b8-7+. The number of aromatic nitrogens is 5. The van der Waals surface area contributed by atoms with E-state index in [1.54, 1.807) is 43.1 Å². The summed E-state index contributed by atoms with van der Waals surface area (Å²) in [5.74, 6) is 1.85. The van der Waals surface area contributed by atoms with E-state index in [1.807, 2.05) is 30.0 Å². The average molecular weight is 401 g/mol. The summed E-state index contributed by atoms with van der Waals surface area (Å²) in [4.78, 5) is 36.5. The molecular formula is C22H23N7O. The van der Waals surface area contributed by atoms with Crippen LogP contribution in [0.2, 0.25) is 0 Å². The predicted octanol–water partition coefficient (Wildman–Crippen LogP) is 3.48. The van der Waals surface area contributed by atoms with Crippen LogP contribution in [0, 0.1) is 6.92 Å². The SMILES string of the molecule is Cc1cc(Nc2cnccn2)nc(C2CCCCN2C(=O)/C=C/c2cccnc2)n1. The van der Waals surface area contributed by atoms with Crippen molar-refractivity contribution in [2.45, 2.75) is 32.2 Å². The Hall–Kier alpha value is -3.68. The van der Waals surface area contributed by atoms with Gasteiger partial charge >= 0.3 is 0 Å². The van der Waals surface area contributed by atoms with Gasteiger partial charge in [0.1, 0.15) is 11.6 Å². The highest BCUT2D eigenvalue weighted by Crippen LogP contribution is 2.30. The monoisotopic (exact) mass is 401 g/mol. The van der Waals surface area contributed by atoms with Crippen LogP contribution < -0.4 is 5.32 Å². The highest BCUT2D eigenvalue weighted by atomic mass is 16.2. The number of anilines is 2. The molecule has 0 radical (unpaired) electrons. The van der Waals surface area contributed by atoms with Gasteiger partial charge in [0.2, 0.25) is 5.91 Å². The van der Waals surface area contributed by atoms with E-state index in [9.17, 15) is 4.79 Å². The lowest BCUT2D eigenvalue weighted by atomic mass is 10.0. The van der Waals surface area contributed by atoms with E-state index in [-0.39, 0.29) is 11.9 Å². The number of rotatable bonds is 5. The fourth-order valence-corrected chi connectivity index (χ4v) is 3.50. The normalized spacial score (nSPS) is 16.6. The molecule has 1 unspecified atom stereocenters. The smallest absolute Gasteiger partial charge is 0.247 e. The fraction of sp³-hybridized carbons (Fsp3) is 0.273. The third-order valence-electron chi connectivity index (χ3n) is 4.88. The maximum atomic E-state index is 12.9. The summed E-state index contributed by atoms with van der Waals surface area (Å²) in [5, 5.41) is 3.17. The summed E-state index contributed by atoms with van der Waals surface area (Å²) in [6.45, 7) is 2.61. The van der Waals surface area contributed by atoms with Crippen LogP contribution in [-0.4, -0.2) is 42.3 Å². The molecular weight excluding hydrogens is 378 g/mol. The molecule has 4 rings (SSSR count). The van der Waals surface area contributed by atoms with Gasteiger partial charge in [0, 0.05) is 49.2 Å². The quantitative estimate of drug-likeness (QED) is 0.654. The van der Waals surface area contributed by atoms with Crippen LogP contribution >= 0.6 is 0 Å². The highest BCUT2D eigenvalue weighted by molar-refractivity contribution is 5.92. The zero-order chi connectivity index (χ0) is 20.8. The van der Waals surface area contributed by atoms with Crippen molar-refractivity contribution in [3.63, 3.8) is 0 Å². The maximum Gasteiger partial charge on any atom is 0.247 e. The second kappa shape index (κ2) is 9.21. The summed E-state index contributed by atoms with van der Waals surface area (Å²) < 4.78 is 0. The molecule has 1 amide bonds. The summed E-state index contributed by atoms with van der Waals surface area (Å²) in [6, 6.07) is 5.46. The van der Waals surface area contributed by atoms with Gasteiger partial charge in [-0.15, -0.1) is 0 Å². The van der Waals surface area contributed by atoms with E-state index in [0.717, 1.165) is 30.5 Å². The number of pyridine rings is 1. The van der Waals surface area contributed by atoms with E-state index in [2.05, 4.69) is 30.2 Å². The van der Waals surface area contributed by atoms with Gasteiger partial charge in [-0.3, -0.25) is 14.8 Å². The van der Waals surface area contributed by atoms with Gasteiger partial charge in [-0.25, -0.2) is 15.0 Å². The van der Waals surface area contributed by atoms with Crippen molar-refractivity contribution in [2.75, 3.05) is 11.9 Å². The molecule has 3 aromatic heterocycles. The summed E-state index contributed by atoms with van der Waals surface area (Å²) in [6.07, 6.45) is 14.5. The molecule has 1 saturated heterocycles. The van der Waals surface area contributed by atoms with Crippen LogP contribution in [0.1, 0.15) is 42.4 Å². The number of likely N-dealkylation sites (tertiary alicyclic amines) is 1. The zero-order valence-corrected chi connectivity index (χ0v) is 16.8. The molecule has 0 bridgehead atoms. The number of nitrogens with zero attached hydrogens (tertiary/aromatic N) is 6. The van der Waals surface area contributed by atoms with Gasteiger partial charge in [0.05, 0.1) is 12.2 Å². The molecule has 1 N–H and O–H groups in total. The number of amides is 1. The first kappa shape index (κ1) is 19.6. The van der Waals surface area contributed by atoms with Gasteiger partial charge in [-0.1, -0.05) is 6.07 Å². The first-order chi connectivity index (χ1) is 14.7. The molecule has 152 valence electrons. The van der Waals surface area contributed by atoms with E-state index in [0.29, 0.717) is 24.0 Å². The predicted molar refractivity (Wildman–Crippen MR) is 114 cm³/mol. The molecule has 1 aliphatic heterocycles. The van der Waals surface area contributed by atoms with Gasteiger partial charge in [-0.05, 0) is 43.9 Å². The van der Waals surface area contributed by atoms with Crippen LogP contribution in [0.15, 0.2) is 55.3 Å². The first-order valence-electron chi connectivity index (χ1n) is 9.96. The Morgan fingerprint density at radius 1 is 1.13 bits per heavy atom. The van der Waals surface area contributed by atoms with Crippen molar-refractivity contribution in [3.05, 3.63) is 72.3 Å². The fourth-order valence-electron chi connectivity index (χ4n) is 3.50. The topological polar surface area (TPSA) is 96.8 Å². The van der Waals surface area contributed by atoms with Gasteiger partial charge in [0.15, 0.2) is 5.82 Å². The lowest BCUT2D eigenvalue weighted by Gasteiger charge is -2.34. The highest BCUT2D eigenvalue weighted by Gasteiger charge is 2.29. The number of aryl methyl sites for hydroxylation is 1. The molecule has 1 aliphatic rings. The van der Waals surface area contributed by atoms with Crippen molar-refractivity contribution in [3.8, 4) is 0 Å². The van der Waals surface area contributed by atoms with Crippen molar-refractivity contribution in [1.29, 1.82) is 0 Å². The molecule has 3 aromatic rings. The number of hydrogen-bond donors (Lipinski definition) is 1. The lowest BCUT2D eigenvalue weighted by Crippen LogP contribution is -2.38.